The van der Waals surface area contributed by atoms with E-state index in [-0.39, 0.29) is 22.8 Å². The first kappa shape index (κ1) is 29.9. The van der Waals surface area contributed by atoms with Crippen LogP contribution in [0.15, 0.2) is 127 Å². The van der Waals surface area contributed by atoms with Crippen molar-refractivity contribution in [3.8, 4) is 22.6 Å². The summed E-state index contributed by atoms with van der Waals surface area (Å²) in [6, 6.07) is 30.0. The fraction of sp³-hybridized carbons (Fsp3) is 0.118. The van der Waals surface area contributed by atoms with Crippen molar-refractivity contribution >= 4 is 55.5 Å². The van der Waals surface area contributed by atoms with Crippen LogP contribution in [0, 0.1) is 0 Å². The van der Waals surface area contributed by atoms with Crippen LogP contribution in [-0.2, 0) is 20.1 Å². The van der Waals surface area contributed by atoms with E-state index in [9.17, 15) is 9.59 Å². The van der Waals surface area contributed by atoms with Gasteiger partial charge in [0, 0.05) is 18.7 Å². The van der Waals surface area contributed by atoms with Crippen LogP contribution in [0.25, 0.3) is 32.8 Å². The van der Waals surface area contributed by atoms with Gasteiger partial charge in [-0.15, -0.1) is 10.2 Å². The molecule has 7 aromatic rings. The van der Waals surface area contributed by atoms with Gasteiger partial charge in [0.25, 0.3) is 5.56 Å². The molecule has 14 nitrogen and oxygen atoms in total. The lowest BCUT2D eigenvalue weighted by Gasteiger charge is -2.13. The van der Waals surface area contributed by atoms with Crippen molar-refractivity contribution in [3.05, 3.63) is 118 Å². The summed E-state index contributed by atoms with van der Waals surface area (Å²) in [7, 11) is 1.91. The third kappa shape index (κ3) is 5.12. The number of azo groups is 2. The lowest BCUT2D eigenvalue weighted by Crippen LogP contribution is -2.25. The molecule has 0 amide bonds. The van der Waals surface area contributed by atoms with Crippen LogP contribution in [0.1, 0.15) is 6.42 Å². The molecule has 0 radical (unpaired) electrons. The van der Waals surface area contributed by atoms with Crippen LogP contribution >= 0.6 is 11.3 Å². The summed E-state index contributed by atoms with van der Waals surface area (Å²) in [5, 5.41) is 17.8. The number of nitrogen functional groups attached to an aromatic ring is 2. The smallest absolute Gasteiger partial charge is 0.382 e. The molecule has 3 aromatic carbocycles. The van der Waals surface area contributed by atoms with E-state index in [1.807, 2.05) is 103 Å². The molecule has 8 rings (SSSR count). The molecule has 4 aromatic heterocycles. The number of rotatable bonds is 7. The first-order chi connectivity index (χ1) is 23.9. The number of nitrogens with zero attached hydrogens (tertiary/aromatic N) is 10. The molecule has 15 heteroatoms. The summed E-state index contributed by atoms with van der Waals surface area (Å²) < 4.78 is 9.40. The van der Waals surface area contributed by atoms with Gasteiger partial charge in [-0.3, -0.25) is 14.3 Å². The highest BCUT2D eigenvalue weighted by Crippen LogP contribution is 2.31. The predicted octanol–water partition coefficient (Wildman–Crippen LogP) is 6.09. The van der Waals surface area contributed by atoms with Crippen LogP contribution in [-0.4, -0.2) is 23.7 Å². The molecule has 0 unspecified atom stereocenters. The van der Waals surface area contributed by atoms with Crippen LogP contribution in [0.3, 0.4) is 0 Å². The van der Waals surface area contributed by atoms with E-state index in [0.29, 0.717) is 46.9 Å². The highest BCUT2D eigenvalue weighted by atomic mass is 32.1. The van der Waals surface area contributed by atoms with E-state index in [2.05, 4.69) is 25.4 Å². The second-order valence-corrected chi connectivity index (χ2v) is 12.4. The number of aromatic nitrogens is 6. The molecule has 242 valence electrons. The summed E-state index contributed by atoms with van der Waals surface area (Å²) in [6.07, 6.45) is 0.860. The van der Waals surface area contributed by atoms with Gasteiger partial charge in [-0.05, 0) is 71.4 Å². The molecule has 0 fully saturated rings. The Labute approximate surface area is 282 Å². The van der Waals surface area contributed by atoms with Crippen molar-refractivity contribution < 1.29 is 4.57 Å². The molecule has 0 atom stereocenters. The lowest BCUT2D eigenvalue weighted by atomic mass is 10.1. The summed E-state index contributed by atoms with van der Waals surface area (Å²) in [4.78, 5) is 31.2. The van der Waals surface area contributed by atoms with Gasteiger partial charge in [0.1, 0.15) is 5.52 Å². The zero-order valence-electron chi connectivity index (χ0n) is 26.2. The van der Waals surface area contributed by atoms with E-state index in [4.69, 9.17) is 11.5 Å². The third-order valence-electron chi connectivity index (χ3n) is 8.40. The van der Waals surface area contributed by atoms with Gasteiger partial charge < -0.3 is 11.5 Å². The number of para-hydroxylation sites is 2. The fourth-order valence-corrected chi connectivity index (χ4v) is 6.94. The van der Waals surface area contributed by atoms with Crippen LogP contribution in [0.2, 0.25) is 0 Å². The minimum absolute atomic E-state index is 0.0267. The SMILES string of the molecule is C[n+]1c(N=Nc2c(N)n(-c3ccc(-c4cccc(N=Nc5c(N)n6n(c5=O)CCC6)n4)cc3)n(-c3ccccc3)c2=O)sc2ccccc21. The van der Waals surface area contributed by atoms with Crippen LogP contribution in [0.4, 0.5) is 34.0 Å². The summed E-state index contributed by atoms with van der Waals surface area (Å²) in [5.41, 5.74) is 16.0. The highest BCUT2D eigenvalue weighted by molar-refractivity contribution is 7.21. The first-order valence-corrected chi connectivity index (χ1v) is 16.3. The number of benzene rings is 3. The monoisotopic (exact) mass is 669 g/mol. The maximum Gasteiger partial charge on any atom is 0.409 e. The van der Waals surface area contributed by atoms with E-state index in [1.54, 1.807) is 20.1 Å². The van der Waals surface area contributed by atoms with Gasteiger partial charge >= 0.3 is 10.7 Å². The average Bonchev–Trinajstić information content (AvgIpc) is 3.86. The number of hydrogen-bond donors (Lipinski definition) is 2. The number of aryl methyl sites for hydroxylation is 1. The quantitative estimate of drug-likeness (QED) is 0.154. The third-order valence-corrected chi connectivity index (χ3v) is 9.50. The van der Waals surface area contributed by atoms with Crippen molar-refractivity contribution in [1.82, 2.24) is 23.7 Å². The molecule has 0 spiro atoms. The Hall–Kier alpha value is -6.48. The Morgan fingerprint density at radius 2 is 1.39 bits per heavy atom. The maximum absolute atomic E-state index is 13.9. The van der Waals surface area contributed by atoms with E-state index in [1.165, 1.54) is 16.0 Å². The minimum Gasteiger partial charge on any atom is -0.382 e. The summed E-state index contributed by atoms with van der Waals surface area (Å²) in [6.45, 7) is 1.28. The maximum atomic E-state index is 13.9. The molecule has 49 heavy (non-hydrogen) atoms. The molecule has 1 aliphatic heterocycles. The molecule has 0 saturated heterocycles. The molecule has 4 N–H and O–H groups in total. The lowest BCUT2D eigenvalue weighted by molar-refractivity contribution is -0.627. The Kier molecular flexibility index (Phi) is 7.29. The van der Waals surface area contributed by atoms with Gasteiger partial charge in [0.2, 0.25) is 5.69 Å². The topological polar surface area (TPSA) is 172 Å². The van der Waals surface area contributed by atoms with E-state index < -0.39 is 5.56 Å². The van der Waals surface area contributed by atoms with E-state index in [0.717, 1.165) is 22.2 Å². The second kappa shape index (κ2) is 12.0. The van der Waals surface area contributed by atoms with Gasteiger partial charge in [-0.1, -0.05) is 48.5 Å². The average molecular weight is 670 g/mol. The Morgan fingerprint density at radius 3 is 2.16 bits per heavy atom. The van der Waals surface area contributed by atoms with Crippen molar-refractivity contribution in [2.45, 2.75) is 19.5 Å². The standard InChI is InChI=1S/C34H28N12O2S/c1-42-25-12-5-6-13-26(25)49-34(42)41-40-29-31(36)45(46(33(29)48)22-9-3-2-4-10-22)23-17-15-21(16-18-23)24-11-7-14-27(37-24)38-39-28-30(35)43-19-8-20-44(43)32(28)47/h2-7,9-18,36H,8,19-20H2,1H3,(H2,35,37,38,47)/p+1. The Bertz CT molecular complexity index is 2550. The Balaban J connectivity index is 1.14. The zero-order chi connectivity index (χ0) is 33.6. The number of hydrogen-bond acceptors (Lipinski definition) is 10. The number of nitrogens with two attached hydrogens (primary N) is 2. The highest BCUT2D eigenvalue weighted by Gasteiger charge is 2.24. The molecule has 5 heterocycles. The molecular formula is C34H29N12O2S+. The minimum atomic E-state index is -0.409. The first-order valence-electron chi connectivity index (χ1n) is 15.5. The largest absolute Gasteiger partial charge is 0.409 e. The van der Waals surface area contributed by atoms with Gasteiger partial charge in [-0.2, -0.15) is 0 Å². The number of pyridine rings is 1. The van der Waals surface area contributed by atoms with Crippen molar-refractivity contribution in [3.63, 3.8) is 0 Å². The summed E-state index contributed by atoms with van der Waals surface area (Å²) >= 11 is 1.47. The molecular weight excluding hydrogens is 641 g/mol. The zero-order valence-corrected chi connectivity index (χ0v) is 27.0. The van der Waals surface area contributed by atoms with Gasteiger partial charge in [-0.25, -0.2) is 23.6 Å². The van der Waals surface area contributed by atoms with Crippen LogP contribution < -0.4 is 27.2 Å². The fourth-order valence-electron chi connectivity index (χ4n) is 5.97. The van der Waals surface area contributed by atoms with Crippen LogP contribution in [0.5, 0.6) is 0 Å². The van der Waals surface area contributed by atoms with Crippen molar-refractivity contribution in [1.29, 1.82) is 0 Å². The molecule has 0 bridgehead atoms. The molecule has 1 aliphatic rings. The number of thiazole rings is 1. The molecule has 0 aliphatic carbocycles. The van der Waals surface area contributed by atoms with Gasteiger partial charge in [0.15, 0.2) is 23.1 Å². The predicted molar refractivity (Wildman–Crippen MR) is 188 cm³/mol. The molecule has 0 saturated carbocycles. The van der Waals surface area contributed by atoms with Crippen molar-refractivity contribution in [2.24, 2.45) is 27.5 Å². The van der Waals surface area contributed by atoms with E-state index >= 15 is 0 Å². The number of fused-ring (bicyclic) bond motifs is 2. The number of anilines is 2. The van der Waals surface area contributed by atoms with Crippen molar-refractivity contribution in [2.75, 3.05) is 11.5 Å². The van der Waals surface area contributed by atoms with Gasteiger partial charge in [0.05, 0.1) is 33.9 Å². The Morgan fingerprint density at radius 1 is 0.694 bits per heavy atom. The summed E-state index contributed by atoms with van der Waals surface area (Å²) in [5.74, 6) is 0.766. The normalized spacial score (nSPS) is 12.9. The second-order valence-electron chi connectivity index (χ2n) is 11.4.